The van der Waals surface area contributed by atoms with Crippen LogP contribution < -0.4 is 0 Å². The SMILES string of the molecule is Cc1nn(Cc2ccc(/C=C/C(=O)c3ccc(Cl)cc3)o2)c(C)c1[N+](=O)[O-]. The van der Waals surface area contributed by atoms with Crippen LogP contribution in [-0.2, 0) is 6.54 Å². The molecule has 0 saturated carbocycles. The summed E-state index contributed by atoms with van der Waals surface area (Å²) >= 11 is 5.81. The second kappa shape index (κ2) is 7.59. The summed E-state index contributed by atoms with van der Waals surface area (Å²) in [6.45, 7) is 3.51. The van der Waals surface area contributed by atoms with Crippen LogP contribution >= 0.6 is 11.6 Å². The van der Waals surface area contributed by atoms with Gasteiger partial charge in [0.2, 0.25) is 0 Å². The number of aryl methyl sites for hydroxylation is 1. The van der Waals surface area contributed by atoms with Crippen LogP contribution in [0.3, 0.4) is 0 Å². The lowest BCUT2D eigenvalue weighted by Crippen LogP contribution is -2.03. The van der Waals surface area contributed by atoms with Crippen molar-refractivity contribution < 1.29 is 14.1 Å². The van der Waals surface area contributed by atoms with Crippen molar-refractivity contribution >= 4 is 29.1 Å². The molecule has 0 bridgehead atoms. The maximum absolute atomic E-state index is 12.1. The molecule has 3 aromatic rings. The molecule has 0 atom stereocenters. The normalized spacial score (nSPS) is 11.2. The van der Waals surface area contributed by atoms with Crippen molar-refractivity contribution in [2.75, 3.05) is 0 Å². The van der Waals surface area contributed by atoms with Crippen molar-refractivity contribution in [1.29, 1.82) is 0 Å². The summed E-state index contributed by atoms with van der Waals surface area (Å²) < 4.78 is 7.19. The molecule has 3 rings (SSSR count). The van der Waals surface area contributed by atoms with Gasteiger partial charge in [-0.1, -0.05) is 11.6 Å². The number of nitrogens with zero attached hydrogens (tertiary/aromatic N) is 3. The molecular formula is C19H16ClN3O4. The molecule has 0 aliphatic carbocycles. The van der Waals surface area contributed by atoms with E-state index in [-0.39, 0.29) is 18.0 Å². The third-order valence-electron chi connectivity index (χ3n) is 4.04. The summed E-state index contributed by atoms with van der Waals surface area (Å²) in [5, 5.41) is 15.8. The van der Waals surface area contributed by atoms with Crippen LogP contribution in [0.5, 0.6) is 0 Å². The average molecular weight is 386 g/mol. The minimum absolute atomic E-state index is 0.00948. The van der Waals surface area contributed by atoms with E-state index in [4.69, 9.17) is 16.0 Å². The third-order valence-corrected chi connectivity index (χ3v) is 4.29. The van der Waals surface area contributed by atoms with E-state index in [0.717, 1.165) is 0 Å². The zero-order valence-corrected chi connectivity index (χ0v) is 15.4. The highest BCUT2D eigenvalue weighted by atomic mass is 35.5. The Morgan fingerprint density at radius 2 is 1.96 bits per heavy atom. The first-order chi connectivity index (χ1) is 12.8. The molecule has 0 aliphatic rings. The van der Waals surface area contributed by atoms with Crippen molar-refractivity contribution in [3.63, 3.8) is 0 Å². The number of carbonyl (C=O) groups is 1. The van der Waals surface area contributed by atoms with Gasteiger partial charge in [0.25, 0.3) is 0 Å². The number of aromatic nitrogens is 2. The molecule has 0 fully saturated rings. The van der Waals surface area contributed by atoms with Crippen LogP contribution in [0.2, 0.25) is 5.02 Å². The lowest BCUT2D eigenvalue weighted by atomic mass is 10.1. The van der Waals surface area contributed by atoms with E-state index >= 15 is 0 Å². The summed E-state index contributed by atoms with van der Waals surface area (Å²) in [6.07, 6.45) is 2.99. The molecule has 7 nitrogen and oxygen atoms in total. The smallest absolute Gasteiger partial charge is 0.312 e. The highest BCUT2D eigenvalue weighted by Crippen LogP contribution is 2.23. The molecule has 8 heteroatoms. The van der Waals surface area contributed by atoms with Gasteiger partial charge in [-0.25, -0.2) is 0 Å². The molecule has 0 amide bonds. The molecule has 0 spiro atoms. The van der Waals surface area contributed by atoms with Crippen molar-refractivity contribution in [3.8, 4) is 0 Å². The number of rotatable bonds is 6. The van der Waals surface area contributed by atoms with Crippen LogP contribution in [0.25, 0.3) is 6.08 Å². The Morgan fingerprint density at radius 3 is 2.59 bits per heavy atom. The Morgan fingerprint density at radius 1 is 1.26 bits per heavy atom. The Balaban J connectivity index is 1.72. The van der Waals surface area contributed by atoms with Crippen molar-refractivity contribution in [2.45, 2.75) is 20.4 Å². The quantitative estimate of drug-likeness (QED) is 0.267. The topological polar surface area (TPSA) is 91.2 Å². The summed E-state index contributed by atoms with van der Waals surface area (Å²) in [6, 6.07) is 10.1. The van der Waals surface area contributed by atoms with Gasteiger partial charge in [-0.2, -0.15) is 5.10 Å². The number of furan rings is 1. The molecular weight excluding hydrogens is 370 g/mol. The van der Waals surface area contributed by atoms with Crippen LogP contribution in [0.4, 0.5) is 5.69 Å². The molecule has 0 saturated heterocycles. The Kier molecular flexibility index (Phi) is 5.23. The number of allylic oxidation sites excluding steroid dienone is 1. The van der Waals surface area contributed by atoms with E-state index in [0.29, 0.717) is 33.5 Å². The second-order valence-corrected chi connectivity index (χ2v) is 6.38. The van der Waals surface area contributed by atoms with Crippen LogP contribution in [0, 0.1) is 24.0 Å². The average Bonchev–Trinajstić information content (AvgIpc) is 3.17. The van der Waals surface area contributed by atoms with Crippen LogP contribution in [0.15, 0.2) is 46.9 Å². The number of halogens is 1. The third kappa shape index (κ3) is 4.15. The van der Waals surface area contributed by atoms with Gasteiger partial charge >= 0.3 is 5.69 Å². The van der Waals surface area contributed by atoms with Gasteiger partial charge in [-0.15, -0.1) is 0 Å². The van der Waals surface area contributed by atoms with Crippen LogP contribution in [0.1, 0.15) is 33.3 Å². The van der Waals surface area contributed by atoms with Gasteiger partial charge < -0.3 is 4.42 Å². The summed E-state index contributed by atoms with van der Waals surface area (Å²) in [5.41, 5.74) is 1.36. The molecule has 138 valence electrons. The number of carbonyl (C=O) groups excluding carboxylic acids is 1. The molecule has 0 unspecified atom stereocenters. The maximum Gasteiger partial charge on any atom is 0.312 e. The highest BCUT2D eigenvalue weighted by molar-refractivity contribution is 6.30. The maximum atomic E-state index is 12.1. The molecule has 27 heavy (non-hydrogen) atoms. The molecule has 2 heterocycles. The van der Waals surface area contributed by atoms with Crippen molar-refractivity contribution in [3.05, 3.63) is 86.1 Å². The van der Waals surface area contributed by atoms with Gasteiger partial charge in [-0.3, -0.25) is 19.6 Å². The van der Waals surface area contributed by atoms with Gasteiger partial charge in [0.1, 0.15) is 22.9 Å². The molecule has 0 aliphatic heterocycles. The lowest BCUT2D eigenvalue weighted by Gasteiger charge is -2.00. The molecule has 1 aromatic carbocycles. The number of hydrogen-bond donors (Lipinski definition) is 0. The van der Waals surface area contributed by atoms with Gasteiger partial charge in [0.15, 0.2) is 5.78 Å². The van der Waals surface area contributed by atoms with E-state index < -0.39 is 4.92 Å². The Labute approximate surface area is 160 Å². The standard InChI is InChI=1S/C19H16ClN3O4/c1-12-19(23(25)26)13(2)22(21-12)11-17-8-7-16(27-17)9-10-18(24)14-3-5-15(20)6-4-14/h3-10H,11H2,1-2H3/b10-9+. The van der Waals surface area contributed by atoms with Crippen molar-refractivity contribution in [1.82, 2.24) is 9.78 Å². The monoisotopic (exact) mass is 385 g/mol. The Bertz CT molecular complexity index is 1030. The number of nitro groups is 1. The number of ketones is 1. The molecule has 2 aromatic heterocycles. The predicted molar refractivity (Wildman–Crippen MR) is 101 cm³/mol. The zero-order valence-electron chi connectivity index (χ0n) is 14.7. The van der Waals surface area contributed by atoms with E-state index in [2.05, 4.69) is 5.10 Å². The van der Waals surface area contributed by atoms with E-state index in [1.807, 2.05) is 0 Å². The van der Waals surface area contributed by atoms with Gasteiger partial charge in [-0.05, 0) is 62.4 Å². The Hall–Kier alpha value is -3.19. The summed E-state index contributed by atoms with van der Waals surface area (Å²) in [5.74, 6) is 0.913. The predicted octanol–water partition coefficient (Wildman–Crippen LogP) is 4.60. The van der Waals surface area contributed by atoms with E-state index in [1.54, 1.807) is 56.3 Å². The van der Waals surface area contributed by atoms with E-state index in [9.17, 15) is 14.9 Å². The number of hydrogen-bond acceptors (Lipinski definition) is 5. The largest absolute Gasteiger partial charge is 0.460 e. The minimum atomic E-state index is -0.438. The zero-order chi connectivity index (χ0) is 19.6. The fourth-order valence-corrected chi connectivity index (χ4v) is 2.82. The van der Waals surface area contributed by atoms with Crippen molar-refractivity contribution in [2.24, 2.45) is 0 Å². The fourth-order valence-electron chi connectivity index (χ4n) is 2.69. The first kappa shape index (κ1) is 18.6. The second-order valence-electron chi connectivity index (χ2n) is 5.94. The summed E-state index contributed by atoms with van der Waals surface area (Å²) in [4.78, 5) is 22.8. The number of benzene rings is 1. The van der Waals surface area contributed by atoms with Gasteiger partial charge in [0.05, 0.1) is 11.5 Å². The minimum Gasteiger partial charge on any atom is -0.460 e. The first-order valence-electron chi connectivity index (χ1n) is 8.10. The molecule has 0 radical (unpaired) electrons. The fraction of sp³-hybridized carbons (Fsp3) is 0.158. The summed E-state index contributed by atoms with van der Waals surface area (Å²) in [7, 11) is 0. The highest BCUT2D eigenvalue weighted by Gasteiger charge is 2.22. The van der Waals surface area contributed by atoms with Crippen LogP contribution in [-0.4, -0.2) is 20.5 Å². The van der Waals surface area contributed by atoms with E-state index in [1.165, 1.54) is 10.8 Å². The first-order valence-corrected chi connectivity index (χ1v) is 8.48. The van der Waals surface area contributed by atoms with Gasteiger partial charge in [0, 0.05) is 10.6 Å². The lowest BCUT2D eigenvalue weighted by molar-refractivity contribution is -0.386. The molecule has 0 N–H and O–H groups in total.